The molecule has 0 fully saturated rings. The zero-order valence-corrected chi connectivity index (χ0v) is 14.6. The molecule has 2 amide bonds. The van der Waals surface area contributed by atoms with Crippen LogP contribution in [0.5, 0.6) is 0 Å². The summed E-state index contributed by atoms with van der Waals surface area (Å²) in [6.07, 6.45) is 0. The number of fused-ring (bicyclic) bond motifs is 1. The highest BCUT2D eigenvalue weighted by molar-refractivity contribution is 6.31. The third-order valence-electron chi connectivity index (χ3n) is 3.93. The summed E-state index contributed by atoms with van der Waals surface area (Å²) in [7, 11) is 0. The molecule has 1 heterocycles. The monoisotopic (exact) mass is 380 g/mol. The second-order valence-electron chi connectivity index (χ2n) is 5.77. The van der Waals surface area contributed by atoms with Crippen molar-refractivity contribution < 1.29 is 9.32 Å². The summed E-state index contributed by atoms with van der Waals surface area (Å²) in [5, 5.41) is 11.7. The molecule has 0 spiro atoms. The van der Waals surface area contributed by atoms with Crippen LogP contribution in [0.25, 0.3) is 22.2 Å². The zero-order valence-electron chi connectivity index (χ0n) is 13.8. The van der Waals surface area contributed by atoms with E-state index in [1.165, 1.54) is 0 Å². The lowest BCUT2D eigenvalue weighted by atomic mass is 10.1. The quantitative estimate of drug-likeness (QED) is 0.487. The van der Waals surface area contributed by atoms with Gasteiger partial charge in [-0.05, 0) is 41.1 Å². The maximum atomic E-state index is 12.4. The first-order valence-electron chi connectivity index (χ1n) is 8.01. The Morgan fingerprint density at radius 1 is 1.00 bits per heavy atom. The number of benzene rings is 3. The molecule has 8 heteroatoms. The van der Waals surface area contributed by atoms with Crippen molar-refractivity contribution >= 4 is 39.8 Å². The summed E-state index contributed by atoms with van der Waals surface area (Å²) in [6, 6.07) is 17.8. The van der Waals surface area contributed by atoms with Crippen LogP contribution in [-0.4, -0.2) is 16.2 Å². The smallest absolute Gasteiger partial charge is 0.308 e. The minimum atomic E-state index is -0.688. The number of aromatic amines is 1. The van der Waals surface area contributed by atoms with Gasteiger partial charge in [0, 0.05) is 16.3 Å². The Kier molecular flexibility index (Phi) is 4.35. The van der Waals surface area contributed by atoms with Gasteiger partial charge in [-0.1, -0.05) is 47.1 Å². The summed E-state index contributed by atoms with van der Waals surface area (Å²) in [5.41, 5.74) is 1.49. The van der Waals surface area contributed by atoms with Gasteiger partial charge >= 0.3 is 11.8 Å². The van der Waals surface area contributed by atoms with Gasteiger partial charge in [0.2, 0.25) is 0 Å². The van der Waals surface area contributed by atoms with Crippen molar-refractivity contribution in [2.75, 3.05) is 10.6 Å². The highest BCUT2D eigenvalue weighted by Crippen LogP contribution is 2.28. The molecule has 0 saturated carbocycles. The molecule has 0 aliphatic heterocycles. The van der Waals surface area contributed by atoms with Gasteiger partial charge in [-0.2, -0.15) is 0 Å². The van der Waals surface area contributed by atoms with E-state index < -0.39 is 11.8 Å². The van der Waals surface area contributed by atoms with E-state index in [-0.39, 0.29) is 5.82 Å². The van der Waals surface area contributed by atoms with Gasteiger partial charge in [-0.3, -0.25) is 9.51 Å². The van der Waals surface area contributed by atoms with Crippen molar-refractivity contribution in [2.24, 2.45) is 0 Å². The van der Waals surface area contributed by atoms with Crippen molar-refractivity contribution in [2.45, 2.75) is 0 Å². The fourth-order valence-electron chi connectivity index (χ4n) is 2.72. The minimum absolute atomic E-state index is 0.192. The highest BCUT2D eigenvalue weighted by Gasteiger charge is 2.13. The number of H-pyrrole nitrogens is 1. The van der Waals surface area contributed by atoms with Gasteiger partial charge < -0.3 is 10.6 Å². The van der Waals surface area contributed by atoms with Crippen LogP contribution in [0, 0.1) is 0 Å². The molecule has 1 aromatic heterocycles. The molecule has 3 aromatic carbocycles. The van der Waals surface area contributed by atoms with Crippen molar-refractivity contribution in [3.63, 3.8) is 0 Å². The SMILES string of the molecule is O=C(Nc1ccc2ccccc2c1)Nc1cc(Cl)ccc1-c1noc(=O)[nH]1. The Balaban J connectivity index is 1.58. The fourth-order valence-corrected chi connectivity index (χ4v) is 2.90. The second kappa shape index (κ2) is 6.97. The Morgan fingerprint density at radius 3 is 2.59 bits per heavy atom. The summed E-state index contributed by atoms with van der Waals surface area (Å²) < 4.78 is 4.52. The number of carbonyl (C=O) groups is 1. The van der Waals surface area contributed by atoms with Crippen LogP contribution in [0.2, 0.25) is 5.02 Å². The van der Waals surface area contributed by atoms with Crippen LogP contribution in [0.1, 0.15) is 0 Å². The molecule has 3 N–H and O–H groups in total. The summed E-state index contributed by atoms with van der Waals surface area (Å²) in [6.45, 7) is 0. The van der Waals surface area contributed by atoms with Crippen LogP contribution in [-0.2, 0) is 0 Å². The lowest BCUT2D eigenvalue weighted by Crippen LogP contribution is -2.20. The van der Waals surface area contributed by atoms with E-state index >= 15 is 0 Å². The summed E-state index contributed by atoms with van der Waals surface area (Å²) in [4.78, 5) is 26.1. The van der Waals surface area contributed by atoms with Gasteiger partial charge in [0.15, 0.2) is 5.82 Å². The van der Waals surface area contributed by atoms with E-state index in [0.717, 1.165) is 10.8 Å². The van der Waals surface area contributed by atoms with E-state index in [9.17, 15) is 9.59 Å². The number of nitrogens with one attached hydrogen (secondary N) is 3. The first-order chi connectivity index (χ1) is 13.1. The topological polar surface area (TPSA) is 100 Å². The van der Waals surface area contributed by atoms with Gasteiger partial charge in [-0.15, -0.1) is 0 Å². The average molecular weight is 381 g/mol. The van der Waals surface area contributed by atoms with Gasteiger partial charge in [-0.25, -0.2) is 9.59 Å². The van der Waals surface area contributed by atoms with Crippen molar-refractivity contribution in [1.82, 2.24) is 10.1 Å². The third-order valence-corrected chi connectivity index (χ3v) is 4.17. The Hall–Kier alpha value is -3.58. The highest BCUT2D eigenvalue weighted by atomic mass is 35.5. The molecule has 0 saturated heterocycles. The number of halogens is 1. The van der Waals surface area contributed by atoms with E-state index in [2.05, 4.69) is 25.3 Å². The average Bonchev–Trinajstić information content (AvgIpc) is 3.08. The van der Waals surface area contributed by atoms with Crippen LogP contribution in [0.15, 0.2) is 70.0 Å². The molecule has 0 unspecified atom stereocenters. The maximum Gasteiger partial charge on any atom is 0.439 e. The van der Waals surface area contributed by atoms with Gasteiger partial charge in [0.05, 0.1) is 5.69 Å². The summed E-state index contributed by atoms with van der Waals surface area (Å²) >= 11 is 6.03. The lowest BCUT2D eigenvalue weighted by Gasteiger charge is -2.11. The summed E-state index contributed by atoms with van der Waals surface area (Å²) in [5.74, 6) is -0.496. The van der Waals surface area contributed by atoms with Crippen molar-refractivity contribution in [1.29, 1.82) is 0 Å². The number of anilines is 2. The van der Waals surface area contributed by atoms with Gasteiger partial charge in [0.25, 0.3) is 0 Å². The minimum Gasteiger partial charge on any atom is -0.308 e. The standard InChI is InChI=1S/C19H13ClN4O3/c20-13-6-8-15(17-23-19(26)27-24-17)16(10-13)22-18(25)21-14-7-5-11-3-1-2-4-12(11)9-14/h1-10H,(H2,21,22,25)(H,23,24,26). The largest absolute Gasteiger partial charge is 0.439 e. The molecule has 4 rings (SSSR count). The predicted molar refractivity (Wildman–Crippen MR) is 104 cm³/mol. The Bertz CT molecular complexity index is 1200. The normalized spacial score (nSPS) is 10.7. The Morgan fingerprint density at radius 2 is 1.81 bits per heavy atom. The zero-order chi connectivity index (χ0) is 18.8. The van der Waals surface area contributed by atoms with Crippen LogP contribution in [0.3, 0.4) is 0 Å². The van der Waals surface area contributed by atoms with Crippen LogP contribution in [0.4, 0.5) is 16.2 Å². The van der Waals surface area contributed by atoms with E-state index in [1.54, 1.807) is 18.2 Å². The molecule has 0 atom stereocenters. The van der Waals surface area contributed by atoms with Gasteiger partial charge in [0.1, 0.15) is 0 Å². The fraction of sp³-hybridized carbons (Fsp3) is 0. The molecular weight excluding hydrogens is 368 g/mol. The lowest BCUT2D eigenvalue weighted by molar-refractivity contribution is 0.262. The van der Waals surface area contributed by atoms with Crippen LogP contribution >= 0.6 is 11.6 Å². The molecule has 0 aliphatic rings. The molecular formula is C19H13ClN4O3. The number of urea groups is 1. The maximum absolute atomic E-state index is 12.4. The molecule has 0 radical (unpaired) electrons. The first kappa shape index (κ1) is 16.9. The second-order valence-corrected chi connectivity index (χ2v) is 6.21. The molecule has 4 aromatic rings. The molecule has 7 nitrogen and oxygen atoms in total. The number of carbonyl (C=O) groups excluding carboxylic acids is 1. The van der Waals surface area contributed by atoms with Crippen molar-refractivity contribution in [3.8, 4) is 11.4 Å². The van der Waals surface area contributed by atoms with Crippen molar-refractivity contribution in [3.05, 3.63) is 76.2 Å². The van der Waals surface area contributed by atoms with E-state index in [4.69, 9.17) is 11.6 Å². The predicted octanol–water partition coefficient (Wildman–Crippen LogP) is 4.48. The third kappa shape index (κ3) is 3.68. The van der Waals surface area contributed by atoms with Crippen LogP contribution < -0.4 is 16.4 Å². The number of amides is 2. The molecule has 134 valence electrons. The molecule has 27 heavy (non-hydrogen) atoms. The molecule has 0 bridgehead atoms. The van der Waals surface area contributed by atoms with E-state index in [0.29, 0.717) is 22.0 Å². The number of aromatic nitrogens is 2. The van der Waals surface area contributed by atoms with E-state index in [1.807, 2.05) is 42.5 Å². The first-order valence-corrected chi connectivity index (χ1v) is 8.39. The number of rotatable bonds is 3. The number of nitrogens with zero attached hydrogens (tertiary/aromatic N) is 1. The molecule has 0 aliphatic carbocycles. The number of hydrogen-bond donors (Lipinski definition) is 3. The Labute approximate surface area is 158 Å². The number of hydrogen-bond acceptors (Lipinski definition) is 4.